The number of H-pyrrole nitrogens is 1. The predicted molar refractivity (Wildman–Crippen MR) is 81.0 cm³/mol. The highest BCUT2D eigenvalue weighted by molar-refractivity contribution is 7.80. The van der Waals surface area contributed by atoms with Gasteiger partial charge in [0.1, 0.15) is 35.2 Å². The third-order valence-electron chi connectivity index (χ3n) is 2.50. The number of nitrogens with zero attached hydrogens (tertiary/aromatic N) is 3. The van der Waals surface area contributed by atoms with Gasteiger partial charge in [0.25, 0.3) is 0 Å². The molecule has 14 heteroatoms. The third kappa shape index (κ3) is 6.59. The molecule has 0 aliphatic rings. The molecule has 3 atom stereocenters. The normalized spacial score (nSPS) is 15.2. The molecule has 0 saturated heterocycles. The molecule has 0 aliphatic carbocycles. The van der Waals surface area contributed by atoms with Crippen molar-refractivity contribution in [1.29, 1.82) is 0 Å². The van der Waals surface area contributed by atoms with Gasteiger partial charge in [-0.05, 0) is 0 Å². The molecule has 0 saturated carbocycles. The second-order valence-electron chi connectivity index (χ2n) is 4.27. The summed E-state index contributed by atoms with van der Waals surface area (Å²) in [6.45, 7) is -0.893. The molecule has 0 amide bonds. The average Bonchev–Trinajstić information content (AvgIpc) is 3.01. The lowest BCUT2D eigenvalue weighted by Crippen LogP contribution is -2.40. The van der Waals surface area contributed by atoms with Crippen LogP contribution in [-0.4, -0.2) is 76.2 Å². The number of aliphatic hydroxyl groups is 3. The molecule has 0 aliphatic heterocycles. The van der Waals surface area contributed by atoms with Crippen LogP contribution in [0.3, 0.4) is 0 Å². The molecule has 134 valence electrons. The summed E-state index contributed by atoms with van der Waals surface area (Å²) in [4.78, 5) is 40.9. The van der Waals surface area contributed by atoms with Crippen molar-refractivity contribution in [3.05, 3.63) is 12.7 Å². The number of nitrogens with one attached hydrogen (secondary N) is 1. The van der Waals surface area contributed by atoms with Crippen LogP contribution < -0.4 is 0 Å². The summed E-state index contributed by atoms with van der Waals surface area (Å²) >= 11 is 4.09. The smallest absolute Gasteiger partial charge is 0.388 e. The van der Waals surface area contributed by atoms with Crippen molar-refractivity contribution in [3.8, 4) is 0 Å². The van der Waals surface area contributed by atoms with Gasteiger partial charge in [0, 0.05) is 0 Å². The average molecular weight is 382 g/mol. The molecule has 0 radical (unpaired) electrons. The molecule has 0 spiro atoms. The molecule has 0 fully saturated rings. The van der Waals surface area contributed by atoms with E-state index in [1.807, 2.05) is 0 Å². The number of fused-ring (bicyclic) bond motifs is 1. The first-order valence-electron chi connectivity index (χ1n) is 6.18. The first-order chi connectivity index (χ1) is 11.2. The molecule has 2 aromatic heterocycles. The zero-order valence-electron chi connectivity index (χ0n) is 11.9. The zero-order valence-corrected chi connectivity index (χ0v) is 13.7. The summed E-state index contributed by atoms with van der Waals surface area (Å²) in [5, 5.41) is 27.2. The standard InChI is InChI=1S/C5H4N4S.C5H11O8P/c10-5-3-4(7-1-6-3)8-2-9-5;6-1-3(7)5(9)4(8)2-13-14(10,11)12/h1-2H,(H2,6,7,8,9,10);1,3-5,7-9H,2H2,(H2,10,11,12)/t;3-,4+,5-/m.0/s1. The van der Waals surface area contributed by atoms with Gasteiger partial charge in [0.15, 0.2) is 11.9 Å². The number of phosphoric ester groups is 1. The molecule has 6 N–H and O–H groups in total. The van der Waals surface area contributed by atoms with Gasteiger partial charge in [0.2, 0.25) is 0 Å². The van der Waals surface area contributed by atoms with E-state index in [-0.39, 0.29) is 6.29 Å². The second kappa shape index (κ2) is 9.15. The van der Waals surface area contributed by atoms with Crippen LogP contribution in [-0.2, 0) is 13.9 Å². The van der Waals surface area contributed by atoms with E-state index < -0.39 is 32.7 Å². The van der Waals surface area contributed by atoms with Crippen molar-refractivity contribution >= 4 is 37.9 Å². The quantitative estimate of drug-likeness (QED) is 0.126. The number of hydrogen-bond donors (Lipinski definition) is 7. The minimum absolute atomic E-state index is 0.0225. The number of aldehydes is 1. The highest BCUT2D eigenvalue weighted by Gasteiger charge is 2.27. The molecule has 24 heavy (non-hydrogen) atoms. The van der Waals surface area contributed by atoms with Gasteiger partial charge >= 0.3 is 7.82 Å². The van der Waals surface area contributed by atoms with Crippen molar-refractivity contribution in [3.63, 3.8) is 0 Å². The summed E-state index contributed by atoms with van der Waals surface area (Å²) in [6.07, 6.45) is -2.46. The molecule has 0 bridgehead atoms. The molecule has 12 nitrogen and oxygen atoms in total. The van der Waals surface area contributed by atoms with Gasteiger partial charge < -0.3 is 34.9 Å². The molecule has 0 aromatic carbocycles. The highest BCUT2D eigenvalue weighted by Crippen LogP contribution is 2.35. The molecule has 2 rings (SSSR count). The van der Waals surface area contributed by atoms with Crippen LogP contribution in [0.1, 0.15) is 0 Å². The fourth-order valence-corrected chi connectivity index (χ4v) is 1.90. The fourth-order valence-electron chi connectivity index (χ4n) is 1.33. The summed E-state index contributed by atoms with van der Waals surface area (Å²) < 4.78 is 14.0. The largest absolute Gasteiger partial charge is 0.469 e. The number of aromatic nitrogens is 4. The lowest BCUT2D eigenvalue weighted by Gasteiger charge is -2.19. The highest BCUT2D eigenvalue weighted by atomic mass is 32.1. The topological polar surface area (TPSA) is 199 Å². The second-order valence-corrected chi connectivity index (χ2v) is 5.93. The number of aliphatic hydroxyl groups excluding tert-OH is 3. The Morgan fingerprint density at radius 2 is 1.96 bits per heavy atom. The predicted octanol–water partition coefficient (Wildman–Crippen LogP) is -1.98. The molecular weight excluding hydrogens is 367 g/mol. The van der Waals surface area contributed by atoms with E-state index in [1.165, 1.54) is 6.33 Å². The van der Waals surface area contributed by atoms with E-state index in [4.69, 9.17) is 25.1 Å². The number of carbonyl (C=O) groups is 1. The van der Waals surface area contributed by atoms with Crippen LogP contribution in [0.5, 0.6) is 0 Å². The lowest BCUT2D eigenvalue weighted by molar-refractivity contribution is -0.127. The van der Waals surface area contributed by atoms with E-state index in [9.17, 15) is 9.36 Å². The van der Waals surface area contributed by atoms with Gasteiger partial charge in [-0.2, -0.15) is 0 Å². The first-order valence-corrected chi connectivity index (χ1v) is 8.16. The first kappa shape index (κ1) is 20.6. The Morgan fingerprint density at radius 1 is 1.29 bits per heavy atom. The maximum absolute atomic E-state index is 10.1. The third-order valence-corrected chi connectivity index (χ3v) is 3.32. The van der Waals surface area contributed by atoms with E-state index in [0.29, 0.717) is 10.7 Å². The molecular formula is C10H15N4O8PS. The van der Waals surface area contributed by atoms with Crippen LogP contribution in [0.2, 0.25) is 0 Å². The van der Waals surface area contributed by atoms with Gasteiger partial charge in [-0.25, -0.2) is 19.5 Å². The van der Waals surface area contributed by atoms with Crippen LogP contribution in [0.4, 0.5) is 0 Å². The summed E-state index contributed by atoms with van der Waals surface area (Å²) in [5.41, 5.74) is 1.44. The molecule has 2 heterocycles. The number of aromatic amines is 1. The Labute approximate surface area is 140 Å². The van der Waals surface area contributed by atoms with Crippen molar-refractivity contribution in [1.82, 2.24) is 19.9 Å². The number of hydrogen-bond acceptors (Lipinski definition) is 10. The van der Waals surface area contributed by atoms with Crippen LogP contribution in [0.15, 0.2) is 17.7 Å². The van der Waals surface area contributed by atoms with Crippen molar-refractivity contribution in [2.24, 2.45) is 0 Å². The zero-order chi connectivity index (χ0) is 18.3. The van der Waals surface area contributed by atoms with Crippen molar-refractivity contribution in [2.75, 3.05) is 6.61 Å². The van der Waals surface area contributed by atoms with Crippen LogP contribution >= 0.6 is 20.5 Å². The van der Waals surface area contributed by atoms with Gasteiger partial charge in [0.05, 0.1) is 12.9 Å². The van der Waals surface area contributed by atoms with Gasteiger partial charge in [-0.1, -0.05) is 0 Å². The Balaban J connectivity index is 0.000000250. The number of carbonyl (C=O) groups excluding carboxylic acids is 1. The van der Waals surface area contributed by atoms with E-state index in [1.54, 1.807) is 6.33 Å². The molecule has 0 unspecified atom stereocenters. The Kier molecular flexibility index (Phi) is 7.86. The Morgan fingerprint density at radius 3 is 2.50 bits per heavy atom. The van der Waals surface area contributed by atoms with Gasteiger partial charge in [-0.15, -0.1) is 12.6 Å². The molecule has 2 aromatic rings. The SMILES string of the molecule is O=C[C@H](O)[C@H](O)[C@H](O)COP(=O)(O)O.Sc1ncnc2nc[nH]c12. The van der Waals surface area contributed by atoms with Crippen LogP contribution in [0.25, 0.3) is 11.2 Å². The number of phosphoric acid groups is 1. The van der Waals surface area contributed by atoms with Gasteiger partial charge in [-0.3, -0.25) is 4.52 Å². The van der Waals surface area contributed by atoms with Crippen molar-refractivity contribution in [2.45, 2.75) is 23.3 Å². The maximum Gasteiger partial charge on any atom is 0.469 e. The lowest BCUT2D eigenvalue weighted by atomic mass is 10.1. The monoisotopic (exact) mass is 382 g/mol. The Hall–Kier alpha value is -1.44. The number of thiol groups is 1. The maximum atomic E-state index is 10.1. The van der Waals surface area contributed by atoms with E-state index in [0.717, 1.165) is 5.52 Å². The van der Waals surface area contributed by atoms with E-state index in [2.05, 4.69) is 37.1 Å². The summed E-state index contributed by atoms with van der Waals surface area (Å²) in [5.74, 6) is 0. The Bertz CT molecular complexity index is 709. The minimum atomic E-state index is -4.74. The van der Waals surface area contributed by atoms with E-state index >= 15 is 0 Å². The fraction of sp³-hybridized carbons (Fsp3) is 0.400. The van der Waals surface area contributed by atoms with Crippen molar-refractivity contribution < 1.29 is 39.0 Å². The number of imidazole rings is 1. The minimum Gasteiger partial charge on any atom is -0.388 e. The summed E-state index contributed by atoms with van der Waals surface area (Å²) in [6, 6.07) is 0. The summed E-state index contributed by atoms with van der Waals surface area (Å²) in [7, 11) is -4.74. The van der Waals surface area contributed by atoms with Crippen LogP contribution in [0, 0.1) is 0 Å². The number of rotatable bonds is 6.